The molecular weight excluding hydrogens is 162 g/mol. The molecule has 1 aliphatic carbocycles. The average Bonchev–Trinajstić information content (AvgIpc) is 2.79. The van der Waals surface area contributed by atoms with Crippen LogP contribution in [-0.4, -0.2) is 6.10 Å². The Kier molecular flexibility index (Phi) is 1.71. The molecule has 64 valence electrons. The topological polar surface area (TPSA) is 9.23 Å². The number of rotatable bonds is 2. The van der Waals surface area contributed by atoms with Crippen molar-refractivity contribution in [1.82, 2.24) is 0 Å². The minimum Gasteiger partial charge on any atom is -0.487 e. The van der Waals surface area contributed by atoms with Crippen molar-refractivity contribution in [2.75, 3.05) is 0 Å². The van der Waals surface area contributed by atoms with E-state index in [4.69, 9.17) is 4.74 Å². The van der Waals surface area contributed by atoms with Crippen LogP contribution in [0.2, 0.25) is 0 Å². The van der Waals surface area contributed by atoms with E-state index in [1.54, 1.807) is 0 Å². The van der Waals surface area contributed by atoms with Gasteiger partial charge < -0.3 is 4.74 Å². The molecule has 12 heavy (non-hydrogen) atoms. The lowest BCUT2D eigenvalue weighted by Gasteiger charge is -2.04. The second-order valence-electron chi connectivity index (χ2n) is 2.89. The Bertz CT molecular complexity index is 295. The maximum atomic E-state index is 12.9. The highest BCUT2D eigenvalue weighted by atomic mass is 19.1. The van der Waals surface area contributed by atoms with Crippen molar-refractivity contribution in [3.63, 3.8) is 0 Å². The quantitative estimate of drug-likeness (QED) is 0.662. The molecule has 1 aromatic carbocycles. The number of benzene rings is 1. The Morgan fingerprint density at radius 1 is 1.25 bits per heavy atom. The van der Waals surface area contributed by atoms with Crippen molar-refractivity contribution in [3.05, 3.63) is 29.8 Å². The molecule has 0 saturated heterocycles. The minimum absolute atomic E-state index is 0.143. The number of hydrogen-bond donors (Lipinski definition) is 0. The van der Waals surface area contributed by atoms with Gasteiger partial charge in [-0.3, -0.25) is 0 Å². The summed E-state index contributed by atoms with van der Waals surface area (Å²) in [5, 5.41) is 0. The first-order valence-electron chi connectivity index (χ1n) is 3.87. The maximum absolute atomic E-state index is 12.9. The zero-order valence-corrected chi connectivity index (χ0v) is 6.39. The van der Waals surface area contributed by atoms with Gasteiger partial charge in [-0.2, -0.15) is 0 Å². The van der Waals surface area contributed by atoms with Gasteiger partial charge in [-0.15, -0.1) is 0 Å². The lowest BCUT2D eigenvalue weighted by Crippen LogP contribution is -1.98. The standard InChI is InChI=1S/C9H8F2O/c10-6-1-4-9(8(11)5-6)12-7-2-3-7/h1,4-5,7H,2-3H2. The van der Waals surface area contributed by atoms with Crippen LogP contribution in [0.3, 0.4) is 0 Å². The molecular formula is C9H8F2O. The van der Waals surface area contributed by atoms with E-state index in [2.05, 4.69) is 0 Å². The van der Waals surface area contributed by atoms with Gasteiger partial charge in [0.25, 0.3) is 0 Å². The van der Waals surface area contributed by atoms with Crippen LogP contribution < -0.4 is 4.74 Å². The normalized spacial score (nSPS) is 16.2. The number of ether oxygens (including phenoxy) is 1. The summed E-state index contributed by atoms with van der Waals surface area (Å²) in [6.45, 7) is 0. The Morgan fingerprint density at radius 2 is 2.00 bits per heavy atom. The summed E-state index contributed by atoms with van der Waals surface area (Å²) in [4.78, 5) is 0. The molecule has 1 saturated carbocycles. The largest absolute Gasteiger partial charge is 0.487 e. The number of halogens is 2. The van der Waals surface area contributed by atoms with E-state index < -0.39 is 11.6 Å². The molecule has 0 amide bonds. The van der Waals surface area contributed by atoms with Gasteiger partial charge in [-0.05, 0) is 25.0 Å². The van der Waals surface area contributed by atoms with Crippen molar-refractivity contribution >= 4 is 0 Å². The summed E-state index contributed by atoms with van der Waals surface area (Å²) >= 11 is 0. The first-order chi connectivity index (χ1) is 5.75. The smallest absolute Gasteiger partial charge is 0.167 e. The van der Waals surface area contributed by atoms with Crippen LogP contribution in [0.5, 0.6) is 5.75 Å². The fourth-order valence-electron chi connectivity index (χ4n) is 0.936. The van der Waals surface area contributed by atoms with Gasteiger partial charge in [0.2, 0.25) is 0 Å². The molecule has 2 rings (SSSR count). The van der Waals surface area contributed by atoms with Gasteiger partial charge >= 0.3 is 0 Å². The summed E-state index contributed by atoms with van der Waals surface area (Å²) in [5.74, 6) is -1.04. The van der Waals surface area contributed by atoms with Crippen molar-refractivity contribution < 1.29 is 13.5 Å². The number of hydrogen-bond acceptors (Lipinski definition) is 1. The van der Waals surface area contributed by atoms with Crippen LogP contribution in [0.25, 0.3) is 0 Å². The summed E-state index contributed by atoms with van der Waals surface area (Å²) in [5.41, 5.74) is 0. The van der Waals surface area contributed by atoms with E-state index in [0.717, 1.165) is 18.9 Å². The highest BCUT2D eigenvalue weighted by Crippen LogP contribution is 2.28. The Balaban J connectivity index is 2.18. The molecule has 0 unspecified atom stereocenters. The maximum Gasteiger partial charge on any atom is 0.167 e. The zero-order chi connectivity index (χ0) is 8.55. The van der Waals surface area contributed by atoms with Crippen LogP contribution in [0.15, 0.2) is 18.2 Å². The molecule has 0 N–H and O–H groups in total. The van der Waals surface area contributed by atoms with Crippen molar-refractivity contribution in [1.29, 1.82) is 0 Å². The first-order valence-corrected chi connectivity index (χ1v) is 3.87. The molecule has 0 heterocycles. The summed E-state index contributed by atoms with van der Waals surface area (Å²) in [7, 11) is 0. The molecule has 0 aliphatic heterocycles. The highest BCUT2D eigenvalue weighted by Gasteiger charge is 2.24. The second-order valence-corrected chi connectivity index (χ2v) is 2.89. The van der Waals surface area contributed by atoms with Crippen molar-refractivity contribution in [3.8, 4) is 5.75 Å². The molecule has 1 aliphatic rings. The summed E-state index contributed by atoms with van der Waals surface area (Å²) in [6.07, 6.45) is 2.08. The van der Waals surface area contributed by atoms with Crippen LogP contribution >= 0.6 is 0 Å². The fraction of sp³-hybridized carbons (Fsp3) is 0.333. The molecule has 3 heteroatoms. The van der Waals surface area contributed by atoms with E-state index in [0.29, 0.717) is 0 Å². The molecule has 0 aromatic heterocycles. The van der Waals surface area contributed by atoms with Crippen LogP contribution in [-0.2, 0) is 0 Å². The predicted molar refractivity (Wildman–Crippen MR) is 40.0 cm³/mol. The predicted octanol–water partition coefficient (Wildman–Crippen LogP) is 2.51. The third-order valence-corrected chi connectivity index (χ3v) is 1.71. The van der Waals surface area contributed by atoms with E-state index in [-0.39, 0.29) is 11.9 Å². The monoisotopic (exact) mass is 170 g/mol. The minimum atomic E-state index is -0.623. The second kappa shape index (κ2) is 2.73. The van der Waals surface area contributed by atoms with Crippen LogP contribution in [0, 0.1) is 11.6 Å². The van der Waals surface area contributed by atoms with Gasteiger partial charge in [-0.1, -0.05) is 0 Å². The molecule has 1 nitrogen and oxygen atoms in total. The van der Waals surface area contributed by atoms with Gasteiger partial charge in [0.05, 0.1) is 6.10 Å². The van der Waals surface area contributed by atoms with Crippen LogP contribution in [0.4, 0.5) is 8.78 Å². The SMILES string of the molecule is Fc1ccc(OC2CC2)c(F)c1. The Hall–Kier alpha value is -1.12. The van der Waals surface area contributed by atoms with Crippen LogP contribution in [0.1, 0.15) is 12.8 Å². The molecule has 1 fully saturated rings. The molecule has 0 atom stereocenters. The van der Waals surface area contributed by atoms with Gasteiger partial charge in [0, 0.05) is 6.07 Å². The third kappa shape index (κ3) is 1.55. The Morgan fingerprint density at radius 3 is 2.58 bits per heavy atom. The summed E-state index contributed by atoms with van der Waals surface area (Å²) in [6, 6.07) is 3.35. The van der Waals surface area contributed by atoms with E-state index in [1.165, 1.54) is 12.1 Å². The van der Waals surface area contributed by atoms with Gasteiger partial charge in [0.15, 0.2) is 11.6 Å². The third-order valence-electron chi connectivity index (χ3n) is 1.71. The highest BCUT2D eigenvalue weighted by molar-refractivity contribution is 5.25. The average molecular weight is 170 g/mol. The van der Waals surface area contributed by atoms with E-state index in [9.17, 15) is 8.78 Å². The molecule has 1 aromatic rings. The molecule has 0 spiro atoms. The zero-order valence-electron chi connectivity index (χ0n) is 6.39. The lowest BCUT2D eigenvalue weighted by molar-refractivity contribution is 0.286. The van der Waals surface area contributed by atoms with E-state index >= 15 is 0 Å². The summed E-state index contributed by atoms with van der Waals surface area (Å²) < 4.78 is 30.4. The van der Waals surface area contributed by atoms with Gasteiger partial charge in [-0.25, -0.2) is 8.78 Å². The van der Waals surface area contributed by atoms with Crippen molar-refractivity contribution in [2.45, 2.75) is 18.9 Å². The molecule has 0 bridgehead atoms. The Labute approximate surface area is 69.0 Å². The van der Waals surface area contributed by atoms with Crippen molar-refractivity contribution in [2.24, 2.45) is 0 Å². The fourth-order valence-corrected chi connectivity index (χ4v) is 0.936. The lowest BCUT2D eigenvalue weighted by atomic mass is 10.3. The van der Waals surface area contributed by atoms with Gasteiger partial charge in [0.1, 0.15) is 5.82 Å². The van der Waals surface area contributed by atoms with E-state index in [1.807, 2.05) is 0 Å². The molecule has 0 radical (unpaired) electrons. The first kappa shape index (κ1) is 7.53.